The normalized spacial score (nSPS) is 18.2. The molecule has 0 aromatic heterocycles. The van der Waals surface area contributed by atoms with Gasteiger partial charge in [-0.1, -0.05) is 49.1 Å². The molecule has 1 nitrogen and oxygen atoms in total. The highest BCUT2D eigenvalue weighted by Gasteiger charge is 2.29. The molecule has 1 fully saturated rings. The Morgan fingerprint density at radius 2 is 2.00 bits per heavy atom. The molecule has 0 radical (unpaired) electrons. The summed E-state index contributed by atoms with van der Waals surface area (Å²) in [5, 5.41) is 3.03. The Balaban J connectivity index is 2.25. The third-order valence-electron chi connectivity index (χ3n) is 3.48. The lowest BCUT2D eigenvalue weighted by molar-refractivity contribution is 0.302. The fourth-order valence-corrected chi connectivity index (χ4v) is 2.71. The molecule has 0 saturated heterocycles. The monoisotopic (exact) mass is 245 g/mol. The van der Waals surface area contributed by atoms with Crippen molar-refractivity contribution in [3.8, 4) is 11.2 Å². The SMILES string of the molecule is CSC#Cc1cccc(C2(N)CCCCC2)c1. The first-order valence-electron chi connectivity index (χ1n) is 6.18. The van der Waals surface area contributed by atoms with Crippen LogP contribution in [0, 0.1) is 11.2 Å². The third kappa shape index (κ3) is 3.06. The molecule has 2 N–H and O–H groups in total. The molecule has 1 aromatic carbocycles. The van der Waals surface area contributed by atoms with Gasteiger partial charge in [-0.2, -0.15) is 0 Å². The van der Waals surface area contributed by atoms with Crippen LogP contribution in [0.5, 0.6) is 0 Å². The molecule has 1 aliphatic rings. The fraction of sp³-hybridized carbons (Fsp3) is 0.467. The van der Waals surface area contributed by atoms with E-state index in [1.54, 1.807) is 11.8 Å². The zero-order chi connectivity index (χ0) is 12.1. The molecule has 0 spiro atoms. The Morgan fingerprint density at radius 3 is 2.71 bits per heavy atom. The van der Waals surface area contributed by atoms with Crippen molar-refractivity contribution in [2.45, 2.75) is 37.6 Å². The van der Waals surface area contributed by atoms with Crippen LogP contribution in [0.25, 0.3) is 0 Å². The maximum absolute atomic E-state index is 6.52. The van der Waals surface area contributed by atoms with E-state index in [-0.39, 0.29) is 5.54 Å². The molecule has 1 aliphatic carbocycles. The van der Waals surface area contributed by atoms with Gasteiger partial charge in [-0.25, -0.2) is 0 Å². The standard InChI is InChI=1S/C15H19NS/c1-17-11-8-13-6-5-7-14(12-13)15(16)9-3-2-4-10-15/h5-7,12H,2-4,9-10,16H2,1H3. The molecular weight excluding hydrogens is 226 g/mol. The first-order chi connectivity index (χ1) is 8.24. The van der Waals surface area contributed by atoms with Gasteiger partial charge in [0.1, 0.15) is 0 Å². The van der Waals surface area contributed by atoms with Gasteiger partial charge in [0.05, 0.1) is 0 Å². The van der Waals surface area contributed by atoms with Crippen LogP contribution in [0.2, 0.25) is 0 Å². The largest absolute Gasteiger partial charge is 0.321 e. The van der Waals surface area contributed by atoms with Crippen LogP contribution in [0.4, 0.5) is 0 Å². The van der Waals surface area contributed by atoms with Crippen LogP contribution >= 0.6 is 11.8 Å². The molecule has 1 saturated carbocycles. The summed E-state index contributed by atoms with van der Waals surface area (Å²) in [5.41, 5.74) is 8.74. The smallest absolute Gasteiger partial charge is 0.0410 e. The lowest BCUT2D eigenvalue weighted by atomic mass is 9.77. The van der Waals surface area contributed by atoms with E-state index in [2.05, 4.69) is 35.4 Å². The van der Waals surface area contributed by atoms with Crippen LogP contribution in [0.15, 0.2) is 24.3 Å². The molecule has 0 bridgehead atoms. The van der Waals surface area contributed by atoms with Crippen LogP contribution in [-0.4, -0.2) is 6.26 Å². The molecule has 90 valence electrons. The summed E-state index contributed by atoms with van der Waals surface area (Å²) < 4.78 is 0. The van der Waals surface area contributed by atoms with Crippen molar-refractivity contribution in [2.24, 2.45) is 5.73 Å². The first kappa shape index (κ1) is 12.5. The van der Waals surface area contributed by atoms with Gasteiger partial charge in [-0.3, -0.25) is 0 Å². The lowest BCUT2D eigenvalue weighted by Crippen LogP contribution is -2.38. The van der Waals surface area contributed by atoms with Crippen molar-refractivity contribution in [3.63, 3.8) is 0 Å². The molecular formula is C15H19NS. The summed E-state index contributed by atoms with van der Waals surface area (Å²) in [6, 6.07) is 8.44. The maximum Gasteiger partial charge on any atom is 0.0410 e. The van der Waals surface area contributed by atoms with Crippen molar-refractivity contribution < 1.29 is 0 Å². The van der Waals surface area contributed by atoms with Crippen LogP contribution < -0.4 is 5.73 Å². The van der Waals surface area contributed by atoms with Gasteiger partial charge in [0.2, 0.25) is 0 Å². The minimum atomic E-state index is -0.116. The van der Waals surface area contributed by atoms with Gasteiger partial charge in [-0.15, -0.1) is 0 Å². The molecule has 0 aliphatic heterocycles. The summed E-state index contributed by atoms with van der Waals surface area (Å²) in [4.78, 5) is 0. The molecule has 0 amide bonds. The number of thioether (sulfide) groups is 1. The Labute approximate surface area is 108 Å². The maximum atomic E-state index is 6.52. The number of benzene rings is 1. The summed E-state index contributed by atoms with van der Waals surface area (Å²) in [6.07, 6.45) is 8.01. The van der Waals surface area contributed by atoms with Crippen molar-refractivity contribution in [1.29, 1.82) is 0 Å². The number of nitrogens with two attached hydrogens (primary N) is 1. The van der Waals surface area contributed by atoms with E-state index in [4.69, 9.17) is 5.73 Å². The number of rotatable bonds is 1. The summed E-state index contributed by atoms with van der Waals surface area (Å²) in [5.74, 6) is 3.15. The second-order valence-corrected chi connectivity index (χ2v) is 5.34. The minimum Gasteiger partial charge on any atom is -0.321 e. The van der Waals surface area contributed by atoms with E-state index in [9.17, 15) is 0 Å². The van der Waals surface area contributed by atoms with Crippen LogP contribution in [-0.2, 0) is 5.54 Å². The topological polar surface area (TPSA) is 26.0 Å². The quantitative estimate of drug-likeness (QED) is 0.767. The predicted molar refractivity (Wildman–Crippen MR) is 75.8 cm³/mol. The van der Waals surface area contributed by atoms with Crippen LogP contribution in [0.3, 0.4) is 0 Å². The van der Waals surface area contributed by atoms with E-state index < -0.39 is 0 Å². The van der Waals surface area contributed by atoms with E-state index >= 15 is 0 Å². The van der Waals surface area contributed by atoms with Crippen molar-refractivity contribution in [3.05, 3.63) is 35.4 Å². The molecule has 2 rings (SSSR count). The summed E-state index contributed by atoms with van der Waals surface area (Å²) >= 11 is 1.54. The highest BCUT2D eigenvalue weighted by atomic mass is 32.2. The predicted octanol–water partition coefficient (Wildman–Crippen LogP) is 3.48. The Bertz CT molecular complexity index is 436. The lowest BCUT2D eigenvalue weighted by Gasteiger charge is -2.34. The minimum absolute atomic E-state index is 0.116. The van der Waals surface area contributed by atoms with Gasteiger partial charge < -0.3 is 5.73 Å². The van der Waals surface area contributed by atoms with Crippen LogP contribution in [0.1, 0.15) is 43.2 Å². The van der Waals surface area contributed by atoms with Gasteiger partial charge in [0.25, 0.3) is 0 Å². The van der Waals surface area contributed by atoms with E-state index in [1.807, 2.05) is 6.26 Å². The second kappa shape index (κ2) is 5.62. The second-order valence-electron chi connectivity index (χ2n) is 4.73. The van der Waals surface area contributed by atoms with E-state index in [0.29, 0.717) is 0 Å². The zero-order valence-corrected chi connectivity index (χ0v) is 11.1. The first-order valence-corrected chi connectivity index (χ1v) is 7.40. The average molecular weight is 245 g/mol. The fourth-order valence-electron chi connectivity index (χ4n) is 2.49. The van der Waals surface area contributed by atoms with Crippen molar-refractivity contribution in [1.82, 2.24) is 0 Å². The molecule has 0 heterocycles. The van der Waals surface area contributed by atoms with Gasteiger partial charge in [-0.05, 0) is 42.0 Å². The summed E-state index contributed by atoms with van der Waals surface area (Å²) in [7, 11) is 0. The Morgan fingerprint density at radius 1 is 1.24 bits per heavy atom. The van der Waals surface area contributed by atoms with Gasteiger partial charge in [0, 0.05) is 11.1 Å². The average Bonchev–Trinajstić information content (AvgIpc) is 2.38. The zero-order valence-electron chi connectivity index (χ0n) is 10.3. The Kier molecular flexibility index (Phi) is 4.15. The Hall–Kier alpha value is -0.910. The van der Waals surface area contributed by atoms with E-state index in [0.717, 1.165) is 18.4 Å². The molecule has 0 atom stereocenters. The molecule has 17 heavy (non-hydrogen) atoms. The summed E-state index contributed by atoms with van der Waals surface area (Å²) in [6.45, 7) is 0. The number of hydrogen-bond donors (Lipinski definition) is 1. The highest BCUT2D eigenvalue weighted by molar-refractivity contribution is 8.03. The molecule has 0 unspecified atom stereocenters. The van der Waals surface area contributed by atoms with E-state index in [1.165, 1.54) is 24.8 Å². The van der Waals surface area contributed by atoms with Crippen molar-refractivity contribution >= 4 is 11.8 Å². The molecule has 1 aromatic rings. The number of hydrogen-bond acceptors (Lipinski definition) is 2. The van der Waals surface area contributed by atoms with Gasteiger partial charge in [0.15, 0.2) is 0 Å². The van der Waals surface area contributed by atoms with Gasteiger partial charge >= 0.3 is 0 Å². The third-order valence-corrected chi connectivity index (χ3v) is 3.79. The van der Waals surface area contributed by atoms with Crippen molar-refractivity contribution in [2.75, 3.05) is 6.26 Å². The highest BCUT2D eigenvalue weighted by Crippen LogP contribution is 2.34. The molecule has 2 heteroatoms.